The maximum Gasteiger partial charge on any atom is 0.266 e. The van der Waals surface area contributed by atoms with E-state index < -0.39 is 17.6 Å². The monoisotopic (exact) mass is 409 g/mol. The summed E-state index contributed by atoms with van der Waals surface area (Å²) in [5, 5.41) is 5.63. The van der Waals surface area contributed by atoms with E-state index in [2.05, 4.69) is 10.3 Å². The van der Waals surface area contributed by atoms with E-state index in [1.807, 2.05) is 19.2 Å². The quantitative estimate of drug-likeness (QED) is 0.663. The number of hydrogen-bond acceptors (Lipinski definition) is 5. The van der Waals surface area contributed by atoms with Crippen molar-refractivity contribution >= 4 is 34.7 Å². The first-order chi connectivity index (χ1) is 13.8. The van der Waals surface area contributed by atoms with Crippen molar-refractivity contribution in [2.75, 3.05) is 4.90 Å². The predicted octanol–water partition coefficient (Wildman–Crippen LogP) is 3.88. The second-order valence-corrected chi connectivity index (χ2v) is 7.73. The first-order valence-corrected chi connectivity index (χ1v) is 9.74. The molecule has 2 aromatic carbocycles. The third-order valence-corrected chi connectivity index (χ3v) is 5.45. The third-order valence-electron chi connectivity index (χ3n) is 4.66. The standard InChI is InChI=1S/C21H16FN3O3S/c1-11(18-10-29-12(2)24-18)23-19(26)13-3-8-16-17(9-13)21(28)25(20(16)27)15-6-4-14(22)5-7-15/h3-11H,1-2H3,(H,23,26). The molecule has 1 aliphatic heterocycles. The van der Waals surface area contributed by atoms with Crippen molar-refractivity contribution in [2.24, 2.45) is 0 Å². The molecule has 0 radical (unpaired) electrons. The number of nitrogens with zero attached hydrogens (tertiary/aromatic N) is 2. The van der Waals surface area contributed by atoms with Crippen molar-refractivity contribution in [1.82, 2.24) is 10.3 Å². The van der Waals surface area contributed by atoms with Crippen LogP contribution in [0.1, 0.15) is 54.7 Å². The van der Waals surface area contributed by atoms with Crippen molar-refractivity contribution in [3.63, 3.8) is 0 Å². The van der Waals surface area contributed by atoms with Gasteiger partial charge < -0.3 is 5.32 Å². The van der Waals surface area contributed by atoms with Gasteiger partial charge in [0.2, 0.25) is 0 Å². The molecule has 6 nitrogen and oxygen atoms in total. The molecule has 3 amide bonds. The smallest absolute Gasteiger partial charge is 0.266 e. The van der Waals surface area contributed by atoms with Crippen LogP contribution in [-0.2, 0) is 0 Å². The SMILES string of the molecule is Cc1nc(C(C)NC(=O)c2ccc3c(c2)C(=O)N(c2ccc(F)cc2)C3=O)cs1. The number of fused-ring (bicyclic) bond motifs is 1. The molecule has 0 aliphatic carbocycles. The van der Waals surface area contributed by atoms with Gasteiger partial charge in [-0.25, -0.2) is 14.3 Å². The highest BCUT2D eigenvalue weighted by atomic mass is 32.1. The van der Waals surface area contributed by atoms with Gasteiger partial charge in [-0.1, -0.05) is 0 Å². The van der Waals surface area contributed by atoms with Crippen LogP contribution in [0.15, 0.2) is 47.8 Å². The van der Waals surface area contributed by atoms with E-state index in [9.17, 15) is 18.8 Å². The Bertz CT molecular complexity index is 1140. The van der Waals surface area contributed by atoms with Crippen LogP contribution in [0, 0.1) is 12.7 Å². The molecule has 1 aliphatic rings. The maximum absolute atomic E-state index is 13.2. The zero-order chi connectivity index (χ0) is 20.7. The Morgan fingerprint density at radius 3 is 2.45 bits per heavy atom. The molecule has 146 valence electrons. The summed E-state index contributed by atoms with van der Waals surface area (Å²) in [4.78, 5) is 43.4. The van der Waals surface area contributed by atoms with Crippen LogP contribution in [0.2, 0.25) is 0 Å². The number of thiazole rings is 1. The van der Waals surface area contributed by atoms with Gasteiger partial charge in [0.1, 0.15) is 5.82 Å². The second-order valence-electron chi connectivity index (χ2n) is 6.67. The Labute approximate surface area is 170 Å². The number of amides is 3. The van der Waals surface area contributed by atoms with E-state index in [0.717, 1.165) is 15.6 Å². The Morgan fingerprint density at radius 2 is 1.79 bits per heavy atom. The van der Waals surface area contributed by atoms with Crippen molar-refractivity contribution in [2.45, 2.75) is 19.9 Å². The van der Waals surface area contributed by atoms with Crippen LogP contribution in [0.4, 0.5) is 10.1 Å². The molecular formula is C21H16FN3O3S. The molecule has 3 aromatic rings. The Kier molecular flexibility index (Phi) is 4.71. The highest BCUT2D eigenvalue weighted by Crippen LogP contribution is 2.29. The van der Waals surface area contributed by atoms with Gasteiger partial charge in [0, 0.05) is 10.9 Å². The summed E-state index contributed by atoms with van der Waals surface area (Å²) in [7, 11) is 0. The van der Waals surface area contributed by atoms with Crippen LogP contribution < -0.4 is 10.2 Å². The number of aryl methyl sites for hydroxylation is 1. The average molecular weight is 409 g/mol. The van der Waals surface area contributed by atoms with Crippen LogP contribution in [-0.4, -0.2) is 22.7 Å². The van der Waals surface area contributed by atoms with Crippen LogP contribution in [0.5, 0.6) is 0 Å². The maximum atomic E-state index is 13.2. The lowest BCUT2D eigenvalue weighted by Crippen LogP contribution is -2.29. The van der Waals surface area contributed by atoms with E-state index >= 15 is 0 Å². The first kappa shape index (κ1) is 18.9. The number of rotatable bonds is 4. The summed E-state index contributed by atoms with van der Waals surface area (Å²) in [5.74, 6) is -1.88. The minimum absolute atomic E-state index is 0.143. The minimum atomic E-state index is -0.547. The molecule has 0 saturated heterocycles. The Balaban J connectivity index is 1.58. The summed E-state index contributed by atoms with van der Waals surface area (Å²) in [6.07, 6.45) is 0. The third kappa shape index (κ3) is 3.42. The largest absolute Gasteiger partial charge is 0.344 e. The molecule has 0 fully saturated rings. The lowest BCUT2D eigenvalue weighted by Gasteiger charge is -2.13. The predicted molar refractivity (Wildman–Crippen MR) is 107 cm³/mol. The van der Waals surface area contributed by atoms with E-state index in [4.69, 9.17) is 0 Å². The molecule has 4 rings (SSSR count). The number of hydrogen-bond donors (Lipinski definition) is 1. The van der Waals surface area contributed by atoms with Gasteiger partial charge in [-0.3, -0.25) is 14.4 Å². The fourth-order valence-corrected chi connectivity index (χ4v) is 3.85. The van der Waals surface area contributed by atoms with Crippen molar-refractivity contribution in [1.29, 1.82) is 0 Å². The second kappa shape index (κ2) is 7.21. The van der Waals surface area contributed by atoms with Gasteiger partial charge in [0.15, 0.2) is 0 Å². The van der Waals surface area contributed by atoms with Gasteiger partial charge in [0.25, 0.3) is 17.7 Å². The molecule has 2 heterocycles. The van der Waals surface area contributed by atoms with Crippen LogP contribution in [0.25, 0.3) is 0 Å². The molecule has 1 atom stereocenters. The van der Waals surface area contributed by atoms with Crippen molar-refractivity contribution < 1.29 is 18.8 Å². The van der Waals surface area contributed by atoms with Crippen molar-refractivity contribution in [3.8, 4) is 0 Å². The molecule has 0 saturated carbocycles. The summed E-state index contributed by atoms with van der Waals surface area (Å²) in [6, 6.07) is 9.17. The van der Waals surface area contributed by atoms with Gasteiger partial charge in [-0.15, -0.1) is 11.3 Å². The number of carbonyl (C=O) groups is 3. The number of aromatic nitrogens is 1. The molecule has 1 aromatic heterocycles. The van der Waals surface area contributed by atoms with Crippen LogP contribution in [0.3, 0.4) is 0 Å². The van der Waals surface area contributed by atoms with Crippen LogP contribution >= 0.6 is 11.3 Å². The number of imide groups is 1. The van der Waals surface area contributed by atoms with Gasteiger partial charge in [0.05, 0.1) is 33.6 Å². The Morgan fingerprint density at radius 1 is 1.10 bits per heavy atom. The van der Waals surface area contributed by atoms with E-state index in [1.165, 1.54) is 53.8 Å². The molecule has 0 bridgehead atoms. The minimum Gasteiger partial charge on any atom is -0.344 e. The van der Waals surface area contributed by atoms with Crippen molar-refractivity contribution in [3.05, 3.63) is 81.1 Å². The Hall–Kier alpha value is -3.39. The average Bonchev–Trinajstić information content (AvgIpc) is 3.24. The lowest BCUT2D eigenvalue weighted by atomic mass is 10.0. The summed E-state index contributed by atoms with van der Waals surface area (Å²) in [5.41, 5.74) is 1.65. The fourth-order valence-electron chi connectivity index (χ4n) is 3.14. The molecule has 1 N–H and O–H groups in total. The number of benzene rings is 2. The van der Waals surface area contributed by atoms with Gasteiger partial charge >= 0.3 is 0 Å². The summed E-state index contributed by atoms with van der Waals surface area (Å²) < 4.78 is 13.2. The first-order valence-electron chi connectivity index (χ1n) is 8.86. The number of anilines is 1. The highest BCUT2D eigenvalue weighted by molar-refractivity contribution is 7.09. The zero-order valence-corrected chi connectivity index (χ0v) is 16.4. The normalized spacial score (nSPS) is 14.1. The van der Waals surface area contributed by atoms with Gasteiger partial charge in [-0.05, 0) is 56.3 Å². The molecule has 8 heteroatoms. The summed E-state index contributed by atoms with van der Waals surface area (Å²) >= 11 is 1.50. The molecule has 0 spiro atoms. The topological polar surface area (TPSA) is 79.4 Å². The lowest BCUT2D eigenvalue weighted by molar-refractivity contribution is 0.0921. The summed E-state index contributed by atoms with van der Waals surface area (Å²) in [6.45, 7) is 3.71. The number of nitrogens with one attached hydrogen (secondary N) is 1. The van der Waals surface area contributed by atoms with E-state index in [-0.39, 0.29) is 34.3 Å². The molecular weight excluding hydrogens is 393 g/mol. The van der Waals surface area contributed by atoms with E-state index in [1.54, 1.807) is 0 Å². The molecule has 1 unspecified atom stereocenters. The zero-order valence-electron chi connectivity index (χ0n) is 15.6. The van der Waals surface area contributed by atoms with Gasteiger partial charge in [-0.2, -0.15) is 0 Å². The highest BCUT2D eigenvalue weighted by Gasteiger charge is 2.37. The fraction of sp³-hybridized carbons (Fsp3) is 0.143. The number of carbonyl (C=O) groups excluding carboxylic acids is 3. The molecule has 29 heavy (non-hydrogen) atoms. The van der Waals surface area contributed by atoms with E-state index in [0.29, 0.717) is 0 Å². The number of halogens is 1.